The quantitative estimate of drug-likeness (QED) is 0.589. The molecule has 31 heavy (non-hydrogen) atoms. The van der Waals surface area contributed by atoms with Crippen molar-refractivity contribution in [1.82, 2.24) is 10.2 Å². The molecule has 166 valence electrons. The molecule has 3 rings (SSSR count). The van der Waals surface area contributed by atoms with Crippen molar-refractivity contribution >= 4 is 17.8 Å². The van der Waals surface area contributed by atoms with E-state index in [1.807, 2.05) is 54.6 Å². The summed E-state index contributed by atoms with van der Waals surface area (Å²) < 4.78 is 5.24. The number of ether oxygens (including phenoxy) is 1. The highest BCUT2D eigenvalue weighted by Crippen LogP contribution is 2.28. The van der Waals surface area contributed by atoms with Crippen LogP contribution in [0.5, 0.6) is 0 Å². The zero-order valence-corrected chi connectivity index (χ0v) is 17.8. The van der Waals surface area contributed by atoms with E-state index in [4.69, 9.17) is 4.74 Å². The largest absolute Gasteiger partial charge is 0.480 e. The van der Waals surface area contributed by atoms with Gasteiger partial charge in [-0.1, -0.05) is 54.6 Å². The third-order valence-electron chi connectivity index (χ3n) is 5.79. The lowest BCUT2D eigenvalue weighted by atomic mass is 9.90. The van der Waals surface area contributed by atoms with Crippen LogP contribution in [0.3, 0.4) is 0 Å². The van der Waals surface area contributed by atoms with E-state index in [-0.39, 0.29) is 31.0 Å². The fourth-order valence-corrected chi connectivity index (χ4v) is 4.27. The van der Waals surface area contributed by atoms with Gasteiger partial charge >= 0.3 is 11.9 Å². The number of rotatable bonds is 9. The summed E-state index contributed by atoms with van der Waals surface area (Å²) in [7, 11) is 0. The predicted octanol–water partition coefficient (Wildman–Crippen LogP) is 2.33. The van der Waals surface area contributed by atoms with E-state index in [1.54, 1.807) is 6.92 Å². The maximum atomic E-state index is 13.3. The van der Waals surface area contributed by atoms with Gasteiger partial charge in [0.25, 0.3) is 0 Å². The second-order valence-electron chi connectivity index (χ2n) is 7.91. The van der Waals surface area contributed by atoms with Crippen LogP contribution >= 0.6 is 0 Å². The summed E-state index contributed by atoms with van der Waals surface area (Å²) in [5.41, 5.74) is 1.10. The van der Waals surface area contributed by atoms with Crippen molar-refractivity contribution < 1.29 is 24.2 Å². The van der Waals surface area contributed by atoms with Crippen molar-refractivity contribution in [2.75, 3.05) is 13.2 Å². The molecule has 1 aliphatic carbocycles. The van der Waals surface area contributed by atoms with E-state index in [0.717, 1.165) is 12.0 Å². The van der Waals surface area contributed by atoms with E-state index in [0.29, 0.717) is 19.3 Å². The molecule has 0 bridgehead atoms. The topological polar surface area (TPSA) is 95.9 Å². The Morgan fingerprint density at radius 1 is 1.19 bits per heavy atom. The van der Waals surface area contributed by atoms with Crippen LogP contribution in [0.15, 0.2) is 54.6 Å². The van der Waals surface area contributed by atoms with Gasteiger partial charge in [0, 0.05) is 5.92 Å². The fourth-order valence-electron chi connectivity index (χ4n) is 4.27. The normalized spacial score (nSPS) is 23.7. The Bertz CT molecular complexity index is 836. The highest BCUT2D eigenvalue weighted by molar-refractivity contribution is 5.87. The number of benzene rings is 1. The molecule has 0 spiro atoms. The summed E-state index contributed by atoms with van der Waals surface area (Å²) in [6.45, 7) is 1.64. The maximum Gasteiger partial charge on any atom is 0.323 e. The van der Waals surface area contributed by atoms with Crippen LogP contribution in [0, 0.1) is 5.92 Å². The maximum absolute atomic E-state index is 13.3. The molecule has 1 heterocycles. The third kappa shape index (κ3) is 6.04. The number of aryl methyl sites for hydroxylation is 1. The number of amides is 1. The summed E-state index contributed by atoms with van der Waals surface area (Å²) >= 11 is 0. The number of hydrogen-bond donors (Lipinski definition) is 2. The standard InChI is InChI=1S/C24H30N2O5/c1-2-31-24(30)20(14-12-17-8-4-3-5-9-17)25-19-15-13-18-10-6-7-11-21(18)26(23(19)29)16-22(27)28/h3-11,18-21,25H,2,12-16H2,1H3,(H,27,28). The van der Waals surface area contributed by atoms with Gasteiger partial charge in [0.05, 0.1) is 18.7 Å². The molecule has 0 aromatic heterocycles. The van der Waals surface area contributed by atoms with E-state index < -0.39 is 24.0 Å². The number of fused-ring (bicyclic) bond motifs is 1. The Balaban J connectivity index is 1.77. The first-order valence-corrected chi connectivity index (χ1v) is 10.8. The van der Waals surface area contributed by atoms with Crippen molar-refractivity contribution in [3.8, 4) is 0 Å². The lowest BCUT2D eigenvalue weighted by molar-refractivity contribution is -0.149. The van der Waals surface area contributed by atoms with Gasteiger partial charge in [0.1, 0.15) is 12.6 Å². The Labute approximate surface area is 182 Å². The molecule has 7 heteroatoms. The molecule has 1 saturated heterocycles. The summed E-state index contributed by atoms with van der Waals surface area (Å²) in [6, 6.07) is 8.25. The first-order valence-electron chi connectivity index (χ1n) is 10.8. The van der Waals surface area contributed by atoms with E-state index in [2.05, 4.69) is 5.32 Å². The lowest BCUT2D eigenvalue weighted by Crippen LogP contribution is -2.54. The highest BCUT2D eigenvalue weighted by atomic mass is 16.5. The van der Waals surface area contributed by atoms with Crippen molar-refractivity contribution in [2.24, 2.45) is 5.92 Å². The Kier molecular flexibility index (Phi) is 8.00. The first-order chi connectivity index (χ1) is 15.0. The molecule has 4 atom stereocenters. The van der Waals surface area contributed by atoms with Crippen LogP contribution in [-0.4, -0.2) is 59.1 Å². The number of nitrogens with zero attached hydrogens (tertiary/aromatic N) is 1. The first kappa shape index (κ1) is 22.7. The number of hydrogen-bond acceptors (Lipinski definition) is 5. The summed E-state index contributed by atoms with van der Waals surface area (Å²) in [5.74, 6) is -1.67. The van der Waals surface area contributed by atoms with Crippen molar-refractivity contribution in [3.05, 3.63) is 60.2 Å². The number of carbonyl (C=O) groups excluding carboxylic acids is 2. The van der Waals surface area contributed by atoms with Crippen molar-refractivity contribution in [2.45, 2.75) is 50.7 Å². The van der Waals surface area contributed by atoms with Crippen LogP contribution in [0.4, 0.5) is 0 Å². The van der Waals surface area contributed by atoms with Crippen LogP contribution < -0.4 is 5.32 Å². The minimum absolute atomic E-state index is 0.0606. The monoisotopic (exact) mass is 426 g/mol. The number of carbonyl (C=O) groups is 3. The van der Waals surface area contributed by atoms with Gasteiger partial charge in [-0.2, -0.15) is 0 Å². The number of carboxylic acids is 1. The van der Waals surface area contributed by atoms with Gasteiger partial charge < -0.3 is 14.7 Å². The molecule has 7 nitrogen and oxygen atoms in total. The molecule has 1 aliphatic heterocycles. The smallest absolute Gasteiger partial charge is 0.323 e. The Hall–Kier alpha value is -2.93. The Morgan fingerprint density at radius 2 is 1.94 bits per heavy atom. The molecule has 1 fully saturated rings. The molecular formula is C24H30N2O5. The average molecular weight is 427 g/mol. The molecular weight excluding hydrogens is 396 g/mol. The zero-order chi connectivity index (χ0) is 22.2. The minimum atomic E-state index is -1.05. The van der Waals surface area contributed by atoms with E-state index >= 15 is 0 Å². The second-order valence-corrected chi connectivity index (χ2v) is 7.91. The van der Waals surface area contributed by atoms with Gasteiger partial charge in [-0.05, 0) is 38.2 Å². The summed E-state index contributed by atoms with van der Waals surface area (Å²) in [4.78, 5) is 38.8. The van der Waals surface area contributed by atoms with Crippen LogP contribution in [0.25, 0.3) is 0 Å². The minimum Gasteiger partial charge on any atom is -0.480 e. The van der Waals surface area contributed by atoms with Crippen molar-refractivity contribution in [1.29, 1.82) is 0 Å². The van der Waals surface area contributed by atoms with Gasteiger partial charge in [0.15, 0.2) is 0 Å². The third-order valence-corrected chi connectivity index (χ3v) is 5.79. The number of likely N-dealkylation sites (tertiary alicyclic amines) is 1. The number of nitrogens with one attached hydrogen (secondary N) is 1. The molecule has 1 aromatic carbocycles. The fraction of sp³-hybridized carbons (Fsp3) is 0.458. The van der Waals surface area contributed by atoms with Gasteiger partial charge in [-0.3, -0.25) is 19.7 Å². The molecule has 4 unspecified atom stereocenters. The zero-order valence-electron chi connectivity index (χ0n) is 17.8. The molecule has 2 N–H and O–H groups in total. The van der Waals surface area contributed by atoms with Gasteiger partial charge in [0.2, 0.25) is 5.91 Å². The van der Waals surface area contributed by atoms with Crippen LogP contribution in [-0.2, 0) is 25.5 Å². The van der Waals surface area contributed by atoms with Crippen LogP contribution in [0.1, 0.15) is 31.7 Å². The molecule has 1 amide bonds. The average Bonchev–Trinajstić information content (AvgIpc) is 2.89. The predicted molar refractivity (Wildman–Crippen MR) is 116 cm³/mol. The van der Waals surface area contributed by atoms with Gasteiger partial charge in [-0.15, -0.1) is 0 Å². The second kappa shape index (κ2) is 10.9. The summed E-state index contributed by atoms with van der Waals surface area (Å²) in [6.07, 6.45) is 10.1. The Morgan fingerprint density at radius 3 is 2.65 bits per heavy atom. The highest BCUT2D eigenvalue weighted by Gasteiger charge is 2.39. The molecule has 1 aromatic rings. The SMILES string of the molecule is CCOC(=O)C(CCc1ccccc1)NC1CCC2C=CC=CC2N(CC(=O)O)C1=O. The lowest BCUT2D eigenvalue weighted by Gasteiger charge is -2.33. The van der Waals surface area contributed by atoms with Crippen molar-refractivity contribution in [3.63, 3.8) is 0 Å². The van der Waals surface area contributed by atoms with Crippen LogP contribution in [0.2, 0.25) is 0 Å². The van der Waals surface area contributed by atoms with E-state index in [1.165, 1.54) is 4.90 Å². The number of esters is 1. The number of carboxylic acid groups (broad SMARTS) is 1. The summed E-state index contributed by atoms with van der Waals surface area (Å²) in [5, 5.41) is 12.6. The molecule has 0 saturated carbocycles. The number of allylic oxidation sites excluding steroid dienone is 2. The molecule has 0 radical (unpaired) electrons. The number of aliphatic carboxylic acids is 1. The van der Waals surface area contributed by atoms with E-state index in [9.17, 15) is 19.5 Å². The molecule has 2 aliphatic rings. The van der Waals surface area contributed by atoms with Gasteiger partial charge in [-0.25, -0.2) is 0 Å².